The van der Waals surface area contributed by atoms with E-state index in [2.05, 4.69) is 20.4 Å². The van der Waals surface area contributed by atoms with Crippen molar-refractivity contribution in [2.75, 3.05) is 38.1 Å². The Morgan fingerprint density at radius 1 is 1.24 bits per heavy atom. The predicted molar refractivity (Wildman–Crippen MR) is 99.8 cm³/mol. The minimum absolute atomic E-state index is 0.0137. The van der Waals surface area contributed by atoms with E-state index in [9.17, 15) is 18.0 Å². The Bertz CT molecular complexity index is 890. The first-order valence-corrected chi connectivity index (χ1v) is 9.47. The summed E-state index contributed by atoms with van der Waals surface area (Å²) in [7, 11) is 0. The van der Waals surface area contributed by atoms with Gasteiger partial charge in [0.25, 0.3) is 0 Å². The van der Waals surface area contributed by atoms with Crippen LogP contribution in [0.5, 0.6) is 5.75 Å². The van der Waals surface area contributed by atoms with Gasteiger partial charge in [0.1, 0.15) is 5.75 Å². The monoisotopic (exact) mass is 409 g/mol. The molecule has 0 aliphatic carbocycles. The molecular formula is C19H22F3N5O2. The summed E-state index contributed by atoms with van der Waals surface area (Å²) in [5.41, 5.74) is 0.929. The molecule has 0 spiro atoms. The van der Waals surface area contributed by atoms with Crippen molar-refractivity contribution in [1.82, 2.24) is 20.0 Å². The summed E-state index contributed by atoms with van der Waals surface area (Å²) in [6.45, 7) is 4.56. The van der Waals surface area contributed by atoms with Gasteiger partial charge in [-0.2, -0.15) is 18.3 Å². The molecule has 10 heteroatoms. The van der Waals surface area contributed by atoms with Crippen molar-refractivity contribution in [3.63, 3.8) is 0 Å². The third kappa shape index (κ3) is 4.16. The predicted octanol–water partition coefficient (Wildman–Crippen LogP) is 3.41. The molecule has 1 aromatic heterocycles. The van der Waals surface area contributed by atoms with Crippen LogP contribution >= 0.6 is 0 Å². The van der Waals surface area contributed by atoms with E-state index in [4.69, 9.17) is 4.74 Å². The SMILES string of the molecule is Cc1cc(NC(=O)N2CCN(C3CCOc4cc(C(F)(F)F)ccc43)CC2)n[nH]1. The number of alkyl halides is 3. The number of hydrogen-bond donors (Lipinski definition) is 2. The topological polar surface area (TPSA) is 73.5 Å². The molecule has 2 N–H and O–H groups in total. The number of nitrogens with one attached hydrogen (secondary N) is 2. The number of benzene rings is 1. The number of urea groups is 1. The summed E-state index contributed by atoms with van der Waals surface area (Å²) in [6.07, 6.45) is -3.69. The molecule has 156 valence electrons. The molecule has 1 atom stereocenters. The summed E-state index contributed by atoms with van der Waals surface area (Å²) in [4.78, 5) is 16.3. The maximum atomic E-state index is 13.0. The van der Waals surface area contributed by atoms with Crippen molar-refractivity contribution in [3.8, 4) is 5.75 Å². The molecule has 1 aromatic carbocycles. The molecule has 2 amide bonds. The zero-order valence-electron chi connectivity index (χ0n) is 15.9. The van der Waals surface area contributed by atoms with Crippen molar-refractivity contribution in [2.45, 2.75) is 25.6 Å². The molecule has 7 nitrogen and oxygen atoms in total. The van der Waals surface area contributed by atoms with Crippen LogP contribution in [0.3, 0.4) is 0 Å². The number of halogens is 3. The van der Waals surface area contributed by atoms with E-state index in [-0.39, 0.29) is 12.1 Å². The first-order valence-electron chi connectivity index (χ1n) is 9.47. The Morgan fingerprint density at radius 3 is 2.66 bits per heavy atom. The number of aromatic amines is 1. The molecule has 0 bridgehead atoms. The standard InChI is InChI=1S/C19H22F3N5O2/c1-12-10-17(25-24-12)23-18(28)27-7-5-26(6-8-27)15-4-9-29-16-11-13(19(20,21)22)2-3-14(15)16/h2-3,10-11,15H,4-9H2,1H3,(H2,23,24,25,28). The van der Waals surface area contributed by atoms with Crippen LogP contribution < -0.4 is 10.1 Å². The molecule has 1 saturated heterocycles. The molecule has 2 aromatic rings. The van der Waals surface area contributed by atoms with Crippen LogP contribution in [-0.2, 0) is 6.18 Å². The second-order valence-electron chi connectivity index (χ2n) is 7.29. The Kier molecular flexibility index (Phi) is 5.12. The Hall–Kier alpha value is -2.75. The first-order chi connectivity index (χ1) is 13.8. The number of carbonyl (C=O) groups excluding carboxylic acids is 1. The van der Waals surface area contributed by atoms with Gasteiger partial charge in [-0.3, -0.25) is 15.3 Å². The van der Waals surface area contributed by atoms with E-state index in [1.165, 1.54) is 6.07 Å². The third-order valence-electron chi connectivity index (χ3n) is 5.33. The summed E-state index contributed by atoms with van der Waals surface area (Å²) in [6, 6.07) is 5.23. The second kappa shape index (κ2) is 7.58. The van der Waals surface area contributed by atoms with Crippen LogP contribution in [0.15, 0.2) is 24.3 Å². The molecule has 0 saturated carbocycles. The highest BCUT2D eigenvalue weighted by molar-refractivity contribution is 5.88. The summed E-state index contributed by atoms with van der Waals surface area (Å²) in [5.74, 6) is 0.777. The lowest BCUT2D eigenvalue weighted by Crippen LogP contribution is -2.51. The third-order valence-corrected chi connectivity index (χ3v) is 5.33. The largest absolute Gasteiger partial charge is 0.493 e. The average molecular weight is 409 g/mol. The van der Waals surface area contributed by atoms with E-state index >= 15 is 0 Å². The average Bonchev–Trinajstić information content (AvgIpc) is 3.11. The molecule has 2 aliphatic heterocycles. The van der Waals surface area contributed by atoms with Crippen molar-refractivity contribution in [3.05, 3.63) is 41.1 Å². The highest BCUT2D eigenvalue weighted by Gasteiger charge is 2.35. The van der Waals surface area contributed by atoms with Crippen LogP contribution in [0.2, 0.25) is 0 Å². The lowest BCUT2D eigenvalue weighted by Gasteiger charge is -2.41. The van der Waals surface area contributed by atoms with Crippen LogP contribution in [0.4, 0.5) is 23.8 Å². The molecule has 2 aliphatic rings. The fraction of sp³-hybridized carbons (Fsp3) is 0.474. The van der Waals surface area contributed by atoms with E-state index < -0.39 is 11.7 Å². The summed E-state index contributed by atoms with van der Waals surface area (Å²) < 4.78 is 44.4. The Labute approximate surface area is 165 Å². The normalized spacial score (nSPS) is 20.1. The van der Waals surface area contributed by atoms with Crippen molar-refractivity contribution in [2.24, 2.45) is 0 Å². The fourth-order valence-electron chi connectivity index (χ4n) is 3.83. The van der Waals surface area contributed by atoms with E-state index in [0.717, 1.165) is 23.4 Å². The smallest absolute Gasteiger partial charge is 0.416 e. The number of fused-ring (bicyclic) bond motifs is 1. The van der Waals surface area contributed by atoms with E-state index in [1.807, 2.05) is 6.92 Å². The van der Waals surface area contributed by atoms with Gasteiger partial charge in [-0.1, -0.05) is 6.07 Å². The van der Waals surface area contributed by atoms with E-state index in [1.54, 1.807) is 11.0 Å². The van der Waals surface area contributed by atoms with Crippen molar-refractivity contribution < 1.29 is 22.7 Å². The van der Waals surface area contributed by atoms with Crippen LogP contribution in [0.1, 0.15) is 29.3 Å². The van der Waals surface area contributed by atoms with Gasteiger partial charge in [-0.25, -0.2) is 4.79 Å². The fourth-order valence-corrected chi connectivity index (χ4v) is 3.83. The van der Waals surface area contributed by atoms with Crippen LogP contribution in [-0.4, -0.2) is 58.8 Å². The van der Waals surface area contributed by atoms with Gasteiger partial charge in [-0.05, 0) is 19.1 Å². The minimum Gasteiger partial charge on any atom is -0.493 e. The highest BCUT2D eigenvalue weighted by Crippen LogP contribution is 2.40. The zero-order valence-corrected chi connectivity index (χ0v) is 15.9. The number of H-pyrrole nitrogens is 1. The van der Waals surface area contributed by atoms with Gasteiger partial charge in [-0.15, -0.1) is 0 Å². The number of nitrogens with zero attached hydrogens (tertiary/aromatic N) is 3. The molecule has 1 unspecified atom stereocenters. The number of amides is 2. The number of aromatic nitrogens is 2. The number of piperazine rings is 1. The molecule has 29 heavy (non-hydrogen) atoms. The number of hydrogen-bond acceptors (Lipinski definition) is 4. The molecular weight excluding hydrogens is 387 g/mol. The maximum absolute atomic E-state index is 13.0. The van der Waals surface area contributed by atoms with Gasteiger partial charge in [0.15, 0.2) is 5.82 Å². The number of anilines is 1. The quantitative estimate of drug-likeness (QED) is 0.797. The number of ether oxygens (including phenoxy) is 1. The Morgan fingerprint density at radius 2 is 2.00 bits per heavy atom. The lowest BCUT2D eigenvalue weighted by atomic mass is 9.96. The summed E-state index contributed by atoms with van der Waals surface area (Å²) >= 11 is 0. The highest BCUT2D eigenvalue weighted by atomic mass is 19.4. The number of aryl methyl sites for hydroxylation is 1. The summed E-state index contributed by atoms with van der Waals surface area (Å²) in [5, 5.41) is 9.54. The van der Waals surface area contributed by atoms with Crippen molar-refractivity contribution >= 4 is 11.8 Å². The number of carbonyl (C=O) groups is 1. The molecule has 4 rings (SSSR count). The minimum atomic E-state index is -4.39. The van der Waals surface area contributed by atoms with Crippen LogP contribution in [0.25, 0.3) is 0 Å². The number of rotatable bonds is 2. The van der Waals surface area contributed by atoms with Gasteiger partial charge in [0.2, 0.25) is 0 Å². The van der Waals surface area contributed by atoms with Crippen molar-refractivity contribution in [1.29, 1.82) is 0 Å². The Balaban J connectivity index is 1.40. The van der Waals surface area contributed by atoms with Crippen LogP contribution in [0, 0.1) is 6.92 Å². The van der Waals surface area contributed by atoms with E-state index in [0.29, 0.717) is 50.8 Å². The molecule has 1 fully saturated rings. The molecule has 3 heterocycles. The van der Waals surface area contributed by atoms with Gasteiger partial charge in [0.05, 0.1) is 12.2 Å². The maximum Gasteiger partial charge on any atom is 0.416 e. The lowest BCUT2D eigenvalue weighted by molar-refractivity contribution is -0.137. The van der Waals surface area contributed by atoms with Gasteiger partial charge < -0.3 is 9.64 Å². The molecule has 0 radical (unpaired) electrons. The van der Waals surface area contributed by atoms with Gasteiger partial charge >= 0.3 is 12.2 Å². The zero-order chi connectivity index (χ0) is 20.6. The second-order valence-corrected chi connectivity index (χ2v) is 7.29. The first kappa shape index (κ1) is 19.6. The van der Waals surface area contributed by atoms with Gasteiger partial charge in [0, 0.05) is 56.0 Å².